The molecule has 118 valence electrons. The minimum atomic E-state index is -3.54. The van der Waals surface area contributed by atoms with Gasteiger partial charge in [0.25, 0.3) is 10.2 Å². The molecule has 20 heavy (non-hydrogen) atoms. The highest BCUT2D eigenvalue weighted by molar-refractivity contribution is 7.86. The van der Waals surface area contributed by atoms with Gasteiger partial charge in [-0.2, -0.15) is 17.0 Å². The molecule has 1 amide bonds. The van der Waals surface area contributed by atoms with Crippen LogP contribution in [-0.4, -0.2) is 69.9 Å². The zero-order valence-electron chi connectivity index (χ0n) is 12.3. The summed E-state index contributed by atoms with van der Waals surface area (Å²) in [6.45, 7) is 1.71. The molecule has 0 atom stereocenters. The lowest BCUT2D eigenvalue weighted by molar-refractivity contribution is -0.121. The van der Waals surface area contributed by atoms with E-state index in [1.165, 1.54) is 11.4 Å². The molecule has 0 saturated carbocycles. The highest BCUT2D eigenvalue weighted by atomic mass is 32.2. The van der Waals surface area contributed by atoms with E-state index in [0.29, 0.717) is 26.2 Å². The van der Waals surface area contributed by atoms with Crippen LogP contribution in [0.2, 0.25) is 0 Å². The number of likely N-dealkylation sites (N-methyl/N-ethyl adjacent to an activating group) is 1. The molecule has 0 aromatic carbocycles. The molecule has 7 nitrogen and oxygen atoms in total. The van der Waals surface area contributed by atoms with Gasteiger partial charge >= 0.3 is 0 Å². The zero-order chi connectivity index (χ0) is 15.0. The summed E-state index contributed by atoms with van der Waals surface area (Å²) in [5.74, 6) is -0.317. The standard InChI is InChI=1S/C12H25N3O4S/c1-14(11-12(16)13-7-10-19-2)20(17,18)15-8-5-3-4-6-9-15/h3-11H2,1-2H3,(H,13,16). The van der Waals surface area contributed by atoms with Crippen molar-refractivity contribution in [2.24, 2.45) is 0 Å². The molecule has 1 N–H and O–H groups in total. The van der Waals surface area contributed by atoms with Crippen LogP contribution in [0.25, 0.3) is 0 Å². The largest absolute Gasteiger partial charge is 0.383 e. The molecule has 1 aliphatic heterocycles. The quantitative estimate of drug-likeness (QED) is 0.661. The number of hydrogen-bond donors (Lipinski definition) is 1. The molecular weight excluding hydrogens is 282 g/mol. The third-order valence-corrected chi connectivity index (χ3v) is 5.21. The summed E-state index contributed by atoms with van der Waals surface area (Å²) in [6, 6.07) is 0. The van der Waals surface area contributed by atoms with Gasteiger partial charge in [-0.3, -0.25) is 4.79 Å². The summed E-state index contributed by atoms with van der Waals surface area (Å²) in [5.41, 5.74) is 0. The van der Waals surface area contributed by atoms with Crippen LogP contribution in [0.1, 0.15) is 25.7 Å². The van der Waals surface area contributed by atoms with Gasteiger partial charge in [0.15, 0.2) is 0 Å². The molecule has 0 unspecified atom stereocenters. The molecule has 1 heterocycles. The van der Waals surface area contributed by atoms with Gasteiger partial charge < -0.3 is 10.1 Å². The van der Waals surface area contributed by atoms with E-state index in [-0.39, 0.29) is 12.5 Å². The Morgan fingerprint density at radius 3 is 2.40 bits per heavy atom. The van der Waals surface area contributed by atoms with Crippen LogP contribution in [-0.2, 0) is 19.7 Å². The lowest BCUT2D eigenvalue weighted by Gasteiger charge is -2.25. The predicted octanol–water partition coefficient (Wildman–Crippen LogP) is -0.198. The number of ether oxygens (including phenoxy) is 1. The Kier molecular flexibility index (Phi) is 7.42. The van der Waals surface area contributed by atoms with Crippen LogP contribution in [0.3, 0.4) is 0 Å². The second kappa shape index (κ2) is 8.56. The van der Waals surface area contributed by atoms with E-state index < -0.39 is 10.2 Å². The molecule has 8 heteroatoms. The highest BCUT2D eigenvalue weighted by Gasteiger charge is 2.28. The molecule has 1 saturated heterocycles. The second-order valence-electron chi connectivity index (χ2n) is 4.92. The molecule has 0 aromatic rings. The SMILES string of the molecule is COCCNC(=O)CN(C)S(=O)(=O)N1CCCCCC1. The van der Waals surface area contributed by atoms with Crippen molar-refractivity contribution in [1.82, 2.24) is 13.9 Å². The Morgan fingerprint density at radius 1 is 1.25 bits per heavy atom. The highest BCUT2D eigenvalue weighted by Crippen LogP contribution is 2.15. The maximum Gasteiger partial charge on any atom is 0.282 e. The maximum atomic E-state index is 12.4. The van der Waals surface area contributed by atoms with E-state index in [1.54, 1.807) is 7.11 Å². The van der Waals surface area contributed by atoms with Crippen molar-refractivity contribution in [2.45, 2.75) is 25.7 Å². The smallest absolute Gasteiger partial charge is 0.282 e. The Hall–Kier alpha value is -0.700. The summed E-state index contributed by atoms with van der Waals surface area (Å²) >= 11 is 0. The number of amides is 1. The van der Waals surface area contributed by atoms with E-state index in [0.717, 1.165) is 30.0 Å². The monoisotopic (exact) mass is 307 g/mol. The summed E-state index contributed by atoms with van der Waals surface area (Å²) < 4.78 is 32.1. The maximum absolute atomic E-state index is 12.4. The molecule has 1 aliphatic rings. The normalized spacial score (nSPS) is 17.9. The zero-order valence-corrected chi connectivity index (χ0v) is 13.1. The van der Waals surface area contributed by atoms with E-state index in [9.17, 15) is 13.2 Å². The molecular formula is C12H25N3O4S. The van der Waals surface area contributed by atoms with Crippen molar-refractivity contribution in [3.05, 3.63) is 0 Å². The molecule has 0 bridgehead atoms. The molecule has 1 rings (SSSR count). The molecule has 0 spiro atoms. The van der Waals surface area contributed by atoms with Crippen molar-refractivity contribution >= 4 is 16.1 Å². The molecule has 0 aromatic heterocycles. The van der Waals surface area contributed by atoms with E-state index >= 15 is 0 Å². The van der Waals surface area contributed by atoms with E-state index in [4.69, 9.17) is 4.74 Å². The number of methoxy groups -OCH3 is 1. The summed E-state index contributed by atoms with van der Waals surface area (Å²) in [7, 11) is -0.552. The lowest BCUT2D eigenvalue weighted by Crippen LogP contribution is -2.46. The number of hydrogen-bond acceptors (Lipinski definition) is 4. The second-order valence-corrected chi connectivity index (χ2v) is 6.96. The van der Waals surface area contributed by atoms with Crippen LogP contribution in [0, 0.1) is 0 Å². The molecule has 1 fully saturated rings. The number of rotatable bonds is 7. The van der Waals surface area contributed by atoms with Gasteiger partial charge in [-0.25, -0.2) is 0 Å². The van der Waals surface area contributed by atoms with Gasteiger partial charge in [-0.1, -0.05) is 12.8 Å². The molecule has 0 aliphatic carbocycles. The number of nitrogens with one attached hydrogen (secondary N) is 1. The summed E-state index contributed by atoms with van der Waals surface area (Å²) in [5, 5.41) is 2.61. The number of carbonyl (C=O) groups excluding carboxylic acids is 1. The third kappa shape index (κ3) is 5.35. The average molecular weight is 307 g/mol. The first-order chi connectivity index (χ1) is 9.48. The van der Waals surface area contributed by atoms with Gasteiger partial charge in [0.2, 0.25) is 5.91 Å². The summed E-state index contributed by atoms with van der Waals surface area (Å²) in [6.07, 6.45) is 3.89. The average Bonchev–Trinajstić information content (AvgIpc) is 2.68. The van der Waals surface area contributed by atoms with Crippen molar-refractivity contribution in [3.8, 4) is 0 Å². The Morgan fingerprint density at radius 2 is 1.85 bits per heavy atom. The fourth-order valence-corrected chi connectivity index (χ4v) is 3.50. The van der Waals surface area contributed by atoms with Crippen molar-refractivity contribution in [1.29, 1.82) is 0 Å². The van der Waals surface area contributed by atoms with E-state index in [1.807, 2.05) is 0 Å². The van der Waals surface area contributed by atoms with Gasteiger partial charge in [0, 0.05) is 33.8 Å². The van der Waals surface area contributed by atoms with Gasteiger partial charge in [-0.05, 0) is 12.8 Å². The fraction of sp³-hybridized carbons (Fsp3) is 0.917. The van der Waals surface area contributed by atoms with Crippen molar-refractivity contribution < 1.29 is 17.9 Å². The van der Waals surface area contributed by atoms with Crippen LogP contribution in [0.4, 0.5) is 0 Å². The topological polar surface area (TPSA) is 79.0 Å². The first-order valence-corrected chi connectivity index (χ1v) is 8.35. The van der Waals surface area contributed by atoms with Crippen LogP contribution >= 0.6 is 0 Å². The Bertz CT molecular complexity index is 392. The van der Waals surface area contributed by atoms with Crippen LogP contribution in [0.15, 0.2) is 0 Å². The number of nitrogens with zero attached hydrogens (tertiary/aromatic N) is 2. The first-order valence-electron chi connectivity index (χ1n) is 6.95. The summed E-state index contributed by atoms with van der Waals surface area (Å²) in [4.78, 5) is 11.6. The predicted molar refractivity (Wildman–Crippen MR) is 76.5 cm³/mol. The van der Waals surface area contributed by atoms with Crippen LogP contribution < -0.4 is 5.32 Å². The first kappa shape index (κ1) is 17.4. The Balaban J connectivity index is 2.50. The lowest BCUT2D eigenvalue weighted by atomic mass is 10.2. The minimum Gasteiger partial charge on any atom is -0.383 e. The third-order valence-electron chi connectivity index (χ3n) is 3.28. The van der Waals surface area contributed by atoms with E-state index in [2.05, 4.69) is 5.32 Å². The number of carbonyl (C=O) groups is 1. The Labute approximate surface area is 121 Å². The van der Waals surface area contributed by atoms with Crippen LogP contribution in [0.5, 0.6) is 0 Å². The van der Waals surface area contributed by atoms with Crippen molar-refractivity contribution in [3.63, 3.8) is 0 Å². The molecule has 0 radical (unpaired) electrons. The van der Waals surface area contributed by atoms with Gasteiger partial charge in [-0.15, -0.1) is 0 Å². The van der Waals surface area contributed by atoms with Gasteiger partial charge in [0.1, 0.15) is 0 Å². The van der Waals surface area contributed by atoms with Gasteiger partial charge in [0.05, 0.1) is 13.2 Å². The fourth-order valence-electron chi connectivity index (χ4n) is 2.10. The minimum absolute atomic E-state index is 0.164. The van der Waals surface area contributed by atoms with Crippen molar-refractivity contribution in [2.75, 3.05) is 46.9 Å².